The third kappa shape index (κ3) is 4.06. The van der Waals surface area contributed by atoms with Crippen LogP contribution >= 0.6 is 0 Å². The molecule has 2 aliphatic rings. The minimum absolute atomic E-state index is 0.0771. The van der Waals surface area contributed by atoms with Crippen molar-refractivity contribution in [2.24, 2.45) is 0 Å². The number of nitrogens with one attached hydrogen (secondary N) is 3. The van der Waals surface area contributed by atoms with Gasteiger partial charge in [-0.3, -0.25) is 4.79 Å². The highest BCUT2D eigenvalue weighted by Crippen LogP contribution is 2.30. The van der Waals surface area contributed by atoms with Crippen LogP contribution in [-0.2, 0) is 16.0 Å². The van der Waals surface area contributed by atoms with Gasteiger partial charge in [-0.1, -0.05) is 6.07 Å². The summed E-state index contributed by atoms with van der Waals surface area (Å²) < 4.78 is 10.6. The number of rotatable bonds is 4. The van der Waals surface area contributed by atoms with Gasteiger partial charge in [0.1, 0.15) is 18.2 Å². The summed E-state index contributed by atoms with van der Waals surface area (Å²) in [4.78, 5) is 28.2. The van der Waals surface area contributed by atoms with E-state index in [1.165, 1.54) is 0 Å². The van der Waals surface area contributed by atoms with E-state index < -0.39 is 12.2 Å². The number of hydrogen-bond donors (Lipinski definition) is 3. The van der Waals surface area contributed by atoms with Gasteiger partial charge < -0.3 is 25.4 Å². The Balaban J connectivity index is 1.39. The number of ether oxygens (including phenoxy) is 2. The third-order valence-corrected chi connectivity index (χ3v) is 4.80. The summed E-state index contributed by atoms with van der Waals surface area (Å²) in [5.41, 5.74) is 2.94. The van der Waals surface area contributed by atoms with E-state index >= 15 is 0 Å². The molecule has 2 unspecified atom stereocenters. The molecular weight excluding hydrogens is 374 g/mol. The number of cyclic esters (lactones) is 1. The van der Waals surface area contributed by atoms with Gasteiger partial charge in [-0.25, -0.2) is 9.78 Å². The zero-order chi connectivity index (χ0) is 20.4. The van der Waals surface area contributed by atoms with Crippen molar-refractivity contribution in [3.8, 4) is 11.8 Å². The van der Waals surface area contributed by atoms with Gasteiger partial charge in [-0.05, 0) is 43.2 Å². The average molecular weight is 393 g/mol. The molecule has 29 heavy (non-hydrogen) atoms. The summed E-state index contributed by atoms with van der Waals surface area (Å²) in [5, 5.41) is 17.6. The van der Waals surface area contributed by atoms with E-state index in [0.717, 1.165) is 11.3 Å². The minimum atomic E-state index is -0.719. The zero-order valence-electron chi connectivity index (χ0n) is 15.7. The molecule has 0 aliphatic carbocycles. The van der Waals surface area contributed by atoms with Crippen molar-refractivity contribution < 1.29 is 19.1 Å². The summed E-state index contributed by atoms with van der Waals surface area (Å²) >= 11 is 0. The predicted octanol–water partition coefficient (Wildman–Crippen LogP) is 1.72. The van der Waals surface area contributed by atoms with Crippen LogP contribution in [-0.4, -0.2) is 42.3 Å². The number of hydrogen-bond acceptors (Lipinski definition) is 7. The Morgan fingerprint density at radius 1 is 1.38 bits per heavy atom. The molecule has 1 aromatic heterocycles. The number of aryl methyl sites for hydroxylation is 1. The van der Waals surface area contributed by atoms with E-state index in [4.69, 9.17) is 14.7 Å². The van der Waals surface area contributed by atoms with Gasteiger partial charge >= 0.3 is 6.09 Å². The maximum atomic E-state index is 12.6. The van der Waals surface area contributed by atoms with Crippen molar-refractivity contribution >= 4 is 23.5 Å². The maximum Gasteiger partial charge on any atom is 0.407 e. The van der Waals surface area contributed by atoms with Crippen LogP contribution < -0.4 is 20.7 Å². The molecule has 1 aromatic carbocycles. The first-order valence-electron chi connectivity index (χ1n) is 9.17. The number of benzene rings is 1. The van der Waals surface area contributed by atoms with E-state index in [2.05, 4.69) is 27.0 Å². The molecule has 9 heteroatoms. The van der Waals surface area contributed by atoms with Gasteiger partial charge in [0.25, 0.3) is 5.91 Å². The lowest BCUT2D eigenvalue weighted by Crippen LogP contribution is -2.41. The van der Waals surface area contributed by atoms with Crippen LogP contribution in [0.5, 0.6) is 5.75 Å². The zero-order valence-corrected chi connectivity index (χ0v) is 15.7. The maximum absolute atomic E-state index is 12.6. The molecule has 0 spiro atoms. The summed E-state index contributed by atoms with van der Waals surface area (Å²) in [7, 11) is 0. The van der Waals surface area contributed by atoms with Gasteiger partial charge in [0.05, 0.1) is 29.9 Å². The van der Waals surface area contributed by atoms with Crippen molar-refractivity contribution in [2.75, 3.05) is 23.8 Å². The second-order valence-corrected chi connectivity index (χ2v) is 6.88. The first kappa shape index (κ1) is 18.6. The van der Waals surface area contributed by atoms with E-state index in [1.54, 1.807) is 24.3 Å². The quantitative estimate of drug-likeness (QED) is 0.722. The molecule has 9 nitrogen and oxygen atoms in total. The molecule has 2 aliphatic heterocycles. The van der Waals surface area contributed by atoms with Crippen molar-refractivity contribution in [1.29, 1.82) is 5.26 Å². The Kier molecular flexibility index (Phi) is 4.91. The predicted molar refractivity (Wildman–Crippen MR) is 104 cm³/mol. The van der Waals surface area contributed by atoms with Crippen LogP contribution in [0.2, 0.25) is 0 Å². The first-order chi connectivity index (χ1) is 14.0. The number of nitrogens with zero attached hydrogens (tertiary/aromatic N) is 2. The Hall–Kier alpha value is -3.80. The number of fused-ring (bicyclic) bond motifs is 1. The fraction of sp³-hybridized carbons (Fsp3) is 0.300. The third-order valence-electron chi connectivity index (χ3n) is 4.80. The molecule has 0 radical (unpaired) electrons. The Morgan fingerprint density at radius 2 is 2.24 bits per heavy atom. The standard InChI is InChI=1S/C20H19N5O4/c1-11-13(7-14-10-28-20(27)24-14)3-5-18(23-11)25-19(26)17-9-22-15-6-12(8-21)2-4-16(15)29-17/h2-6,14,17,22H,7,9-10H2,1H3,(H,24,27)(H,23,25,26). The Morgan fingerprint density at radius 3 is 2.97 bits per heavy atom. The van der Waals surface area contributed by atoms with Gasteiger partial charge in [0.2, 0.25) is 0 Å². The lowest BCUT2D eigenvalue weighted by atomic mass is 10.1. The number of anilines is 2. The molecule has 2 aromatic rings. The van der Waals surface area contributed by atoms with Gasteiger partial charge in [-0.2, -0.15) is 5.26 Å². The smallest absolute Gasteiger partial charge is 0.407 e. The van der Waals surface area contributed by atoms with Crippen molar-refractivity contribution in [1.82, 2.24) is 10.3 Å². The number of alkyl carbamates (subject to hydrolysis) is 1. The number of carbonyl (C=O) groups is 2. The number of carbonyl (C=O) groups excluding carboxylic acids is 2. The Bertz CT molecular complexity index is 1020. The average Bonchev–Trinajstić information content (AvgIpc) is 3.14. The fourth-order valence-corrected chi connectivity index (χ4v) is 3.27. The van der Waals surface area contributed by atoms with Crippen LogP contribution in [0.3, 0.4) is 0 Å². The van der Waals surface area contributed by atoms with Crippen molar-refractivity contribution in [2.45, 2.75) is 25.5 Å². The van der Waals surface area contributed by atoms with Crippen LogP contribution in [0.15, 0.2) is 30.3 Å². The molecule has 1 saturated heterocycles. The van der Waals surface area contributed by atoms with Crippen LogP contribution in [0.4, 0.5) is 16.3 Å². The molecule has 2 amide bonds. The van der Waals surface area contributed by atoms with Gasteiger partial charge in [-0.15, -0.1) is 0 Å². The summed E-state index contributed by atoms with van der Waals surface area (Å²) in [6, 6.07) is 10.6. The molecule has 148 valence electrons. The minimum Gasteiger partial charge on any atom is -0.477 e. The molecule has 3 N–H and O–H groups in total. The number of aromatic nitrogens is 1. The van der Waals surface area contributed by atoms with Crippen molar-refractivity contribution in [3.05, 3.63) is 47.2 Å². The topological polar surface area (TPSA) is 125 Å². The fourth-order valence-electron chi connectivity index (χ4n) is 3.27. The largest absolute Gasteiger partial charge is 0.477 e. The lowest BCUT2D eigenvalue weighted by molar-refractivity contribution is -0.122. The molecule has 4 rings (SSSR count). The number of amides is 2. The van der Waals surface area contributed by atoms with Gasteiger partial charge in [0, 0.05) is 5.69 Å². The molecule has 3 heterocycles. The SMILES string of the molecule is Cc1nc(NC(=O)C2CNc3cc(C#N)ccc3O2)ccc1CC1COC(=O)N1. The summed E-state index contributed by atoms with van der Waals surface area (Å²) in [6.45, 7) is 2.47. The second-order valence-electron chi connectivity index (χ2n) is 6.88. The van der Waals surface area contributed by atoms with Crippen molar-refractivity contribution in [3.63, 3.8) is 0 Å². The Labute approximate surface area is 167 Å². The van der Waals surface area contributed by atoms with E-state index in [0.29, 0.717) is 35.8 Å². The molecular formula is C20H19N5O4. The monoisotopic (exact) mass is 393 g/mol. The molecule has 2 atom stereocenters. The molecule has 0 bridgehead atoms. The normalized spacial score (nSPS) is 19.7. The van der Waals surface area contributed by atoms with Gasteiger partial charge in [0.15, 0.2) is 6.10 Å². The lowest BCUT2D eigenvalue weighted by Gasteiger charge is -2.26. The highest BCUT2D eigenvalue weighted by atomic mass is 16.6. The van der Waals surface area contributed by atoms with E-state index in [-0.39, 0.29) is 18.5 Å². The highest BCUT2D eigenvalue weighted by molar-refractivity contribution is 5.94. The number of pyridine rings is 1. The van der Waals surface area contributed by atoms with Crippen LogP contribution in [0.25, 0.3) is 0 Å². The summed E-state index contributed by atoms with van der Waals surface area (Å²) in [6.07, 6.45) is -0.519. The van der Waals surface area contributed by atoms with Crippen LogP contribution in [0, 0.1) is 18.3 Å². The van der Waals surface area contributed by atoms with E-state index in [9.17, 15) is 9.59 Å². The molecule has 0 saturated carbocycles. The number of nitriles is 1. The summed E-state index contributed by atoms with van der Waals surface area (Å²) in [5.74, 6) is 0.636. The molecule has 1 fully saturated rings. The van der Waals surface area contributed by atoms with E-state index in [1.807, 2.05) is 13.0 Å². The van der Waals surface area contributed by atoms with Crippen LogP contribution in [0.1, 0.15) is 16.8 Å². The first-order valence-corrected chi connectivity index (χ1v) is 9.17. The second kappa shape index (κ2) is 7.67. The highest BCUT2D eigenvalue weighted by Gasteiger charge is 2.27.